The summed E-state index contributed by atoms with van der Waals surface area (Å²) in [7, 11) is 0. The number of rotatable bonds is 5. The van der Waals surface area contributed by atoms with Gasteiger partial charge in [-0.3, -0.25) is 9.69 Å². The van der Waals surface area contributed by atoms with Gasteiger partial charge in [0.15, 0.2) is 0 Å². The summed E-state index contributed by atoms with van der Waals surface area (Å²) in [6.45, 7) is 6.51. The Morgan fingerprint density at radius 3 is 2.95 bits per heavy atom. The zero-order valence-electron chi connectivity index (χ0n) is 12.6. The lowest BCUT2D eigenvalue weighted by Crippen LogP contribution is -2.47. The van der Waals surface area contributed by atoms with Crippen molar-refractivity contribution in [2.24, 2.45) is 11.7 Å². The van der Waals surface area contributed by atoms with Crippen molar-refractivity contribution in [3.63, 3.8) is 0 Å². The van der Waals surface area contributed by atoms with Crippen LogP contribution in [0.4, 0.5) is 0 Å². The van der Waals surface area contributed by atoms with Crippen LogP contribution in [0.15, 0.2) is 0 Å². The summed E-state index contributed by atoms with van der Waals surface area (Å²) in [5.74, 6) is 0.493. The third kappa shape index (κ3) is 4.72. The van der Waals surface area contributed by atoms with Gasteiger partial charge in [0, 0.05) is 32.1 Å². The lowest BCUT2D eigenvalue weighted by molar-refractivity contribution is -0.123. The smallest absolute Gasteiger partial charge is 0.220 e. The highest BCUT2D eigenvalue weighted by atomic mass is 16.5. The minimum atomic E-state index is 0.129. The molecule has 1 aliphatic heterocycles. The number of carbonyl (C=O) groups excluding carboxylic acids is 1. The highest BCUT2D eigenvalue weighted by molar-refractivity contribution is 5.76. The number of nitrogens with one attached hydrogen (secondary N) is 1. The van der Waals surface area contributed by atoms with E-state index >= 15 is 0 Å². The first-order valence-corrected chi connectivity index (χ1v) is 8.05. The van der Waals surface area contributed by atoms with Gasteiger partial charge in [-0.25, -0.2) is 0 Å². The van der Waals surface area contributed by atoms with E-state index in [1.54, 1.807) is 0 Å². The van der Waals surface area contributed by atoms with Crippen molar-refractivity contribution in [1.29, 1.82) is 0 Å². The van der Waals surface area contributed by atoms with Crippen LogP contribution in [-0.4, -0.2) is 55.7 Å². The first kappa shape index (κ1) is 15.7. The molecular weight excluding hydrogens is 254 g/mol. The van der Waals surface area contributed by atoms with E-state index in [1.807, 2.05) is 0 Å². The van der Waals surface area contributed by atoms with Gasteiger partial charge in [-0.15, -0.1) is 0 Å². The number of hydrogen-bond acceptors (Lipinski definition) is 4. The van der Waals surface area contributed by atoms with E-state index in [4.69, 9.17) is 10.5 Å². The Hall–Kier alpha value is -0.650. The number of morpholine rings is 1. The molecule has 1 amide bonds. The van der Waals surface area contributed by atoms with Crippen LogP contribution in [0.5, 0.6) is 0 Å². The molecule has 0 aromatic heterocycles. The lowest BCUT2D eigenvalue weighted by atomic mass is 9.83. The maximum atomic E-state index is 12.0. The zero-order chi connectivity index (χ0) is 14.4. The molecule has 1 saturated heterocycles. The summed E-state index contributed by atoms with van der Waals surface area (Å²) in [6, 6.07) is 0.205. The summed E-state index contributed by atoms with van der Waals surface area (Å²) >= 11 is 0. The molecule has 3 atom stereocenters. The third-order valence-electron chi connectivity index (χ3n) is 4.61. The Balaban J connectivity index is 1.66. The molecule has 0 aromatic rings. The Kier molecular flexibility index (Phi) is 6.26. The standard InChI is InChI=1S/C15H29N3O2/c1-2-18-7-8-20-13(11-18)10-17-15(19)9-12-5-3-4-6-14(12)16/h12-14H,2-11,16H2,1H3,(H,17,19). The summed E-state index contributed by atoms with van der Waals surface area (Å²) < 4.78 is 5.69. The predicted molar refractivity (Wildman–Crippen MR) is 79.4 cm³/mol. The van der Waals surface area contributed by atoms with Gasteiger partial charge in [0.2, 0.25) is 5.91 Å². The second-order valence-corrected chi connectivity index (χ2v) is 6.10. The molecule has 3 N–H and O–H groups in total. The largest absolute Gasteiger partial charge is 0.374 e. The highest BCUT2D eigenvalue weighted by Gasteiger charge is 2.25. The molecule has 1 saturated carbocycles. The Labute approximate surface area is 122 Å². The molecule has 1 aliphatic carbocycles. The number of nitrogens with zero attached hydrogens (tertiary/aromatic N) is 1. The van der Waals surface area contributed by atoms with Crippen molar-refractivity contribution in [1.82, 2.24) is 10.2 Å². The Morgan fingerprint density at radius 1 is 1.40 bits per heavy atom. The van der Waals surface area contributed by atoms with Gasteiger partial charge in [-0.1, -0.05) is 19.8 Å². The molecular formula is C15H29N3O2. The van der Waals surface area contributed by atoms with Gasteiger partial charge in [0.05, 0.1) is 12.7 Å². The van der Waals surface area contributed by atoms with Crippen LogP contribution in [0.2, 0.25) is 0 Å². The van der Waals surface area contributed by atoms with Crippen molar-refractivity contribution >= 4 is 5.91 Å². The van der Waals surface area contributed by atoms with Gasteiger partial charge in [-0.2, -0.15) is 0 Å². The van der Waals surface area contributed by atoms with Gasteiger partial charge in [0.25, 0.3) is 0 Å². The van der Waals surface area contributed by atoms with Crippen LogP contribution in [0, 0.1) is 5.92 Å². The lowest BCUT2D eigenvalue weighted by Gasteiger charge is -2.32. The van der Waals surface area contributed by atoms with Crippen molar-refractivity contribution < 1.29 is 9.53 Å². The van der Waals surface area contributed by atoms with Crippen LogP contribution in [0.25, 0.3) is 0 Å². The number of likely N-dealkylation sites (N-methyl/N-ethyl adjacent to an activating group) is 1. The fourth-order valence-corrected chi connectivity index (χ4v) is 3.22. The van der Waals surface area contributed by atoms with Gasteiger partial charge in [-0.05, 0) is 25.3 Å². The van der Waals surface area contributed by atoms with Crippen LogP contribution < -0.4 is 11.1 Å². The first-order valence-electron chi connectivity index (χ1n) is 8.05. The van der Waals surface area contributed by atoms with E-state index in [1.165, 1.54) is 12.8 Å². The van der Waals surface area contributed by atoms with Gasteiger partial charge >= 0.3 is 0 Å². The molecule has 0 spiro atoms. The second-order valence-electron chi connectivity index (χ2n) is 6.10. The van der Waals surface area contributed by atoms with Crippen LogP contribution >= 0.6 is 0 Å². The van der Waals surface area contributed by atoms with Crippen molar-refractivity contribution in [2.45, 2.75) is 51.2 Å². The van der Waals surface area contributed by atoms with Crippen LogP contribution in [0.1, 0.15) is 39.0 Å². The molecule has 1 heterocycles. The molecule has 2 rings (SSSR count). The molecule has 0 bridgehead atoms. The average Bonchev–Trinajstić information content (AvgIpc) is 2.48. The molecule has 3 unspecified atom stereocenters. The fraction of sp³-hybridized carbons (Fsp3) is 0.933. The van der Waals surface area contributed by atoms with Crippen molar-refractivity contribution in [2.75, 3.05) is 32.8 Å². The molecule has 0 radical (unpaired) electrons. The van der Waals surface area contributed by atoms with E-state index in [2.05, 4.69) is 17.1 Å². The Bertz CT molecular complexity index is 311. The molecule has 5 heteroatoms. The van der Waals surface area contributed by atoms with Crippen molar-refractivity contribution in [3.05, 3.63) is 0 Å². The number of carbonyl (C=O) groups is 1. The van der Waals surface area contributed by atoms with E-state index in [-0.39, 0.29) is 18.1 Å². The molecule has 0 aromatic carbocycles. The first-order chi connectivity index (χ1) is 9.69. The third-order valence-corrected chi connectivity index (χ3v) is 4.61. The molecule has 20 heavy (non-hydrogen) atoms. The predicted octanol–water partition coefficient (Wildman–Crippen LogP) is 0.731. The molecule has 5 nitrogen and oxygen atoms in total. The van der Waals surface area contributed by atoms with Crippen molar-refractivity contribution in [3.8, 4) is 0 Å². The summed E-state index contributed by atoms with van der Waals surface area (Å²) in [6.07, 6.45) is 5.29. The van der Waals surface area contributed by atoms with E-state index in [9.17, 15) is 4.79 Å². The monoisotopic (exact) mass is 283 g/mol. The summed E-state index contributed by atoms with van der Waals surface area (Å²) in [5.41, 5.74) is 6.09. The average molecular weight is 283 g/mol. The number of ether oxygens (including phenoxy) is 1. The highest BCUT2D eigenvalue weighted by Crippen LogP contribution is 2.25. The van der Waals surface area contributed by atoms with E-state index in [0.717, 1.165) is 39.1 Å². The molecule has 116 valence electrons. The number of hydrogen-bond donors (Lipinski definition) is 2. The summed E-state index contributed by atoms with van der Waals surface area (Å²) in [5, 5.41) is 3.02. The SMILES string of the molecule is CCN1CCOC(CNC(=O)CC2CCCCC2N)C1. The maximum absolute atomic E-state index is 12.0. The topological polar surface area (TPSA) is 67.6 Å². The minimum absolute atomic E-state index is 0.129. The van der Waals surface area contributed by atoms with Crippen LogP contribution in [0.3, 0.4) is 0 Å². The van der Waals surface area contributed by atoms with Crippen LogP contribution in [-0.2, 0) is 9.53 Å². The normalized spacial score (nSPS) is 32.0. The fourth-order valence-electron chi connectivity index (χ4n) is 3.22. The van der Waals surface area contributed by atoms with Gasteiger partial charge < -0.3 is 15.8 Å². The number of amides is 1. The minimum Gasteiger partial charge on any atom is -0.374 e. The summed E-state index contributed by atoms with van der Waals surface area (Å²) in [4.78, 5) is 14.4. The second kappa shape index (κ2) is 7.96. The van der Waals surface area contributed by atoms with Gasteiger partial charge in [0.1, 0.15) is 0 Å². The molecule has 2 aliphatic rings. The zero-order valence-corrected chi connectivity index (χ0v) is 12.6. The number of nitrogens with two attached hydrogens (primary N) is 1. The van der Waals surface area contributed by atoms with E-state index in [0.29, 0.717) is 18.9 Å². The maximum Gasteiger partial charge on any atom is 0.220 e. The van der Waals surface area contributed by atoms with E-state index < -0.39 is 0 Å². The quantitative estimate of drug-likeness (QED) is 0.780. The molecule has 2 fully saturated rings. The Morgan fingerprint density at radius 2 is 2.20 bits per heavy atom.